The van der Waals surface area contributed by atoms with Gasteiger partial charge in [-0.15, -0.1) is 0 Å². The predicted molar refractivity (Wildman–Crippen MR) is 71.0 cm³/mol. The van der Waals surface area contributed by atoms with Crippen LogP contribution < -0.4 is 5.73 Å². The molecule has 0 spiro atoms. The summed E-state index contributed by atoms with van der Waals surface area (Å²) in [5.41, 5.74) is 7.60. The van der Waals surface area contributed by atoms with Gasteiger partial charge in [0.2, 0.25) is 0 Å². The lowest BCUT2D eigenvalue weighted by atomic mass is 10.1. The van der Waals surface area contributed by atoms with Crippen LogP contribution in [0.5, 0.6) is 0 Å². The number of benzene rings is 1. The van der Waals surface area contributed by atoms with Crippen LogP contribution in [-0.4, -0.2) is 11.1 Å². The van der Waals surface area contributed by atoms with Crippen molar-refractivity contribution in [3.8, 4) is 0 Å². The smallest absolute Gasteiger partial charge is 0.122 e. The molecule has 1 aromatic rings. The highest BCUT2D eigenvalue weighted by Crippen LogP contribution is 2.31. The van der Waals surface area contributed by atoms with Gasteiger partial charge in [-0.1, -0.05) is 31.0 Å². The van der Waals surface area contributed by atoms with E-state index in [4.69, 9.17) is 11.1 Å². The van der Waals surface area contributed by atoms with E-state index >= 15 is 0 Å². The van der Waals surface area contributed by atoms with E-state index < -0.39 is 0 Å². The van der Waals surface area contributed by atoms with Crippen molar-refractivity contribution in [1.82, 2.24) is 0 Å². The van der Waals surface area contributed by atoms with Crippen molar-refractivity contribution in [2.45, 2.75) is 36.7 Å². The van der Waals surface area contributed by atoms with Crippen LogP contribution in [0, 0.1) is 5.41 Å². The summed E-state index contributed by atoms with van der Waals surface area (Å²) in [5.74, 6) is 1.21. The Morgan fingerprint density at radius 3 is 2.81 bits per heavy atom. The van der Waals surface area contributed by atoms with Crippen LogP contribution in [0.4, 0.5) is 0 Å². The number of nitrogens with one attached hydrogen (secondary N) is 1. The number of hydrogen-bond acceptors (Lipinski definition) is 2. The molecule has 0 bridgehead atoms. The van der Waals surface area contributed by atoms with Gasteiger partial charge in [0.1, 0.15) is 5.84 Å². The molecule has 0 atom stereocenters. The summed E-state index contributed by atoms with van der Waals surface area (Å²) in [6.07, 6.45) is 5.53. The third kappa shape index (κ3) is 3.01. The molecule has 0 amide bonds. The fourth-order valence-corrected chi connectivity index (χ4v) is 3.37. The second kappa shape index (κ2) is 5.39. The van der Waals surface area contributed by atoms with E-state index in [2.05, 4.69) is 6.07 Å². The normalized spacial score (nSPS) is 16.5. The zero-order chi connectivity index (χ0) is 11.4. The average Bonchev–Trinajstić information content (AvgIpc) is 2.79. The minimum Gasteiger partial charge on any atom is -0.384 e. The van der Waals surface area contributed by atoms with Gasteiger partial charge < -0.3 is 5.73 Å². The van der Waals surface area contributed by atoms with Crippen LogP contribution in [0.25, 0.3) is 0 Å². The first-order valence-electron chi connectivity index (χ1n) is 5.80. The number of rotatable bonds is 4. The third-order valence-corrected chi connectivity index (χ3v) is 4.47. The van der Waals surface area contributed by atoms with Crippen molar-refractivity contribution in [2.24, 2.45) is 5.73 Å². The maximum Gasteiger partial charge on any atom is 0.122 e. The SMILES string of the molecule is N=C(N)c1cccc(CSC2CCCC2)c1. The minimum atomic E-state index is 0.160. The summed E-state index contributed by atoms with van der Waals surface area (Å²) in [6, 6.07) is 8.03. The average molecular weight is 234 g/mol. The second-order valence-electron chi connectivity index (χ2n) is 4.33. The van der Waals surface area contributed by atoms with E-state index in [9.17, 15) is 0 Å². The zero-order valence-electron chi connectivity index (χ0n) is 9.41. The van der Waals surface area contributed by atoms with E-state index in [1.165, 1.54) is 31.2 Å². The molecule has 3 N–H and O–H groups in total. The highest BCUT2D eigenvalue weighted by molar-refractivity contribution is 7.99. The van der Waals surface area contributed by atoms with Crippen molar-refractivity contribution in [2.75, 3.05) is 0 Å². The summed E-state index contributed by atoms with van der Waals surface area (Å²) in [5, 5.41) is 8.25. The van der Waals surface area contributed by atoms with Gasteiger partial charge in [0.15, 0.2) is 0 Å². The molecule has 0 aromatic heterocycles. The number of amidine groups is 1. The largest absolute Gasteiger partial charge is 0.384 e. The van der Waals surface area contributed by atoms with Gasteiger partial charge >= 0.3 is 0 Å². The Hall–Kier alpha value is -0.960. The van der Waals surface area contributed by atoms with Crippen LogP contribution in [0.1, 0.15) is 36.8 Å². The molecular formula is C13H18N2S. The topological polar surface area (TPSA) is 49.9 Å². The van der Waals surface area contributed by atoms with Gasteiger partial charge in [0.25, 0.3) is 0 Å². The lowest BCUT2D eigenvalue weighted by molar-refractivity contribution is 0.886. The minimum absolute atomic E-state index is 0.160. The summed E-state index contributed by atoms with van der Waals surface area (Å²) in [4.78, 5) is 0. The van der Waals surface area contributed by atoms with Crippen LogP contribution >= 0.6 is 11.8 Å². The standard InChI is InChI=1S/C13H18N2S/c14-13(15)11-5-3-4-10(8-11)9-16-12-6-1-2-7-12/h3-5,8,12H,1-2,6-7,9H2,(H3,14,15). The Kier molecular flexibility index (Phi) is 3.88. The highest BCUT2D eigenvalue weighted by atomic mass is 32.2. The van der Waals surface area contributed by atoms with Crippen LogP contribution in [0.15, 0.2) is 24.3 Å². The number of thioether (sulfide) groups is 1. The lowest BCUT2D eigenvalue weighted by Gasteiger charge is -2.09. The lowest BCUT2D eigenvalue weighted by Crippen LogP contribution is -2.11. The highest BCUT2D eigenvalue weighted by Gasteiger charge is 2.15. The summed E-state index contributed by atoms with van der Waals surface area (Å²) in [6.45, 7) is 0. The fourth-order valence-electron chi connectivity index (χ4n) is 2.10. The van der Waals surface area contributed by atoms with E-state index in [1.807, 2.05) is 30.0 Å². The molecule has 1 fully saturated rings. The van der Waals surface area contributed by atoms with E-state index in [0.29, 0.717) is 0 Å². The van der Waals surface area contributed by atoms with Crippen molar-refractivity contribution >= 4 is 17.6 Å². The number of nitrogen functional groups attached to an aromatic ring is 1. The monoisotopic (exact) mass is 234 g/mol. The molecule has 3 heteroatoms. The van der Waals surface area contributed by atoms with Gasteiger partial charge in [-0.3, -0.25) is 5.41 Å². The molecular weight excluding hydrogens is 216 g/mol. The fraction of sp³-hybridized carbons (Fsp3) is 0.462. The number of nitrogens with two attached hydrogens (primary N) is 1. The van der Waals surface area contributed by atoms with E-state index in [1.54, 1.807) is 0 Å². The van der Waals surface area contributed by atoms with E-state index in [0.717, 1.165) is 16.6 Å². The Morgan fingerprint density at radius 1 is 1.38 bits per heavy atom. The Balaban J connectivity index is 1.93. The Labute approximate surface area is 101 Å². The quantitative estimate of drug-likeness (QED) is 0.621. The van der Waals surface area contributed by atoms with Crippen molar-refractivity contribution in [3.05, 3.63) is 35.4 Å². The molecule has 16 heavy (non-hydrogen) atoms. The van der Waals surface area contributed by atoms with Crippen LogP contribution in [-0.2, 0) is 5.75 Å². The Bertz CT molecular complexity index is 370. The molecule has 1 saturated carbocycles. The molecule has 1 aromatic carbocycles. The van der Waals surface area contributed by atoms with Crippen molar-refractivity contribution < 1.29 is 0 Å². The third-order valence-electron chi connectivity index (χ3n) is 3.03. The van der Waals surface area contributed by atoms with E-state index in [-0.39, 0.29) is 5.84 Å². The van der Waals surface area contributed by atoms with Gasteiger partial charge in [0.05, 0.1) is 0 Å². The summed E-state index contributed by atoms with van der Waals surface area (Å²) < 4.78 is 0. The molecule has 0 unspecified atom stereocenters. The van der Waals surface area contributed by atoms with Crippen molar-refractivity contribution in [3.63, 3.8) is 0 Å². The molecule has 86 valence electrons. The number of hydrogen-bond donors (Lipinski definition) is 2. The summed E-state index contributed by atoms with van der Waals surface area (Å²) >= 11 is 2.05. The molecule has 1 aliphatic carbocycles. The van der Waals surface area contributed by atoms with Crippen LogP contribution in [0.3, 0.4) is 0 Å². The maximum absolute atomic E-state index is 7.40. The molecule has 0 aliphatic heterocycles. The Morgan fingerprint density at radius 2 is 2.12 bits per heavy atom. The van der Waals surface area contributed by atoms with Gasteiger partial charge in [0, 0.05) is 16.6 Å². The summed E-state index contributed by atoms with van der Waals surface area (Å²) in [7, 11) is 0. The molecule has 0 radical (unpaired) electrons. The molecule has 1 aliphatic rings. The first-order chi connectivity index (χ1) is 7.75. The maximum atomic E-state index is 7.40. The van der Waals surface area contributed by atoms with Gasteiger partial charge in [-0.25, -0.2) is 0 Å². The molecule has 2 nitrogen and oxygen atoms in total. The van der Waals surface area contributed by atoms with Crippen LogP contribution in [0.2, 0.25) is 0 Å². The van der Waals surface area contributed by atoms with Crippen molar-refractivity contribution in [1.29, 1.82) is 5.41 Å². The molecule has 0 heterocycles. The molecule has 2 rings (SSSR count). The predicted octanol–water partition coefficient (Wildman–Crippen LogP) is 3.15. The first-order valence-corrected chi connectivity index (χ1v) is 6.85. The second-order valence-corrected chi connectivity index (χ2v) is 5.62. The molecule has 0 saturated heterocycles. The van der Waals surface area contributed by atoms with Gasteiger partial charge in [-0.05, 0) is 24.5 Å². The zero-order valence-corrected chi connectivity index (χ0v) is 10.2. The van der Waals surface area contributed by atoms with Gasteiger partial charge in [-0.2, -0.15) is 11.8 Å². The first kappa shape index (κ1) is 11.5.